The largest absolute Gasteiger partial charge is 0.497 e. The Labute approximate surface area is 114 Å². The smallest absolute Gasteiger partial charge is 0.249 e. The van der Waals surface area contributed by atoms with Crippen molar-refractivity contribution in [2.75, 3.05) is 13.7 Å². The fourth-order valence-corrected chi connectivity index (χ4v) is 2.31. The molecule has 0 radical (unpaired) electrons. The first-order valence-electron chi connectivity index (χ1n) is 6.80. The Bertz CT molecular complexity index is 410. The Hall–Kier alpha value is -1.55. The summed E-state index contributed by atoms with van der Waals surface area (Å²) < 4.78 is 10.5. The van der Waals surface area contributed by atoms with E-state index in [4.69, 9.17) is 9.47 Å². The third kappa shape index (κ3) is 3.47. The molecule has 0 bridgehead atoms. The van der Waals surface area contributed by atoms with Crippen molar-refractivity contribution in [3.63, 3.8) is 0 Å². The molecule has 1 aliphatic heterocycles. The minimum atomic E-state index is -0.271. The average molecular weight is 263 g/mol. The number of amides is 1. The predicted molar refractivity (Wildman–Crippen MR) is 73.1 cm³/mol. The van der Waals surface area contributed by atoms with Gasteiger partial charge in [-0.3, -0.25) is 4.79 Å². The molecule has 2 rings (SSSR count). The van der Waals surface area contributed by atoms with Crippen molar-refractivity contribution in [2.24, 2.45) is 0 Å². The lowest BCUT2D eigenvalue weighted by molar-refractivity contribution is -0.130. The summed E-state index contributed by atoms with van der Waals surface area (Å²) in [4.78, 5) is 12.1. The first-order chi connectivity index (χ1) is 9.24. The van der Waals surface area contributed by atoms with Crippen LogP contribution in [-0.2, 0) is 9.53 Å². The highest BCUT2D eigenvalue weighted by Gasteiger charge is 2.25. The van der Waals surface area contributed by atoms with E-state index in [1.807, 2.05) is 24.3 Å². The summed E-state index contributed by atoms with van der Waals surface area (Å²) in [5.41, 5.74) is 1.09. The van der Waals surface area contributed by atoms with Crippen LogP contribution in [0.2, 0.25) is 0 Å². The second kappa shape index (κ2) is 6.57. The quantitative estimate of drug-likeness (QED) is 0.887. The van der Waals surface area contributed by atoms with Crippen LogP contribution in [0.25, 0.3) is 0 Å². The van der Waals surface area contributed by atoms with Gasteiger partial charge in [0.15, 0.2) is 0 Å². The zero-order valence-electron chi connectivity index (χ0n) is 11.5. The maximum absolute atomic E-state index is 12.1. The van der Waals surface area contributed by atoms with Gasteiger partial charge < -0.3 is 14.8 Å². The van der Waals surface area contributed by atoms with Gasteiger partial charge in [-0.2, -0.15) is 0 Å². The maximum atomic E-state index is 12.1. The molecule has 4 nitrogen and oxygen atoms in total. The van der Waals surface area contributed by atoms with Gasteiger partial charge in [-0.05, 0) is 37.0 Å². The lowest BCUT2D eigenvalue weighted by Crippen LogP contribution is -2.36. The summed E-state index contributed by atoms with van der Waals surface area (Å²) in [5.74, 6) is 0.823. The summed E-state index contributed by atoms with van der Waals surface area (Å²) in [5, 5.41) is 3.06. The van der Waals surface area contributed by atoms with Gasteiger partial charge in [0, 0.05) is 6.61 Å². The predicted octanol–water partition coefficient (Wildman–Crippen LogP) is 2.44. The minimum Gasteiger partial charge on any atom is -0.497 e. The van der Waals surface area contributed by atoms with E-state index in [0.717, 1.165) is 30.6 Å². The Morgan fingerprint density at radius 3 is 2.74 bits per heavy atom. The molecule has 1 aliphatic rings. The van der Waals surface area contributed by atoms with Crippen molar-refractivity contribution in [1.82, 2.24) is 5.32 Å². The molecule has 1 N–H and O–H groups in total. The molecule has 0 aliphatic carbocycles. The second-order valence-electron chi connectivity index (χ2n) is 4.74. The van der Waals surface area contributed by atoms with E-state index in [0.29, 0.717) is 6.61 Å². The van der Waals surface area contributed by atoms with E-state index in [1.54, 1.807) is 7.11 Å². The SMILES string of the molecule is CC[C@H](NC(=O)[C@H]1CCCO1)c1ccc(OC)cc1. The van der Waals surface area contributed by atoms with Gasteiger partial charge >= 0.3 is 0 Å². The van der Waals surface area contributed by atoms with Gasteiger partial charge in [0.1, 0.15) is 11.9 Å². The van der Waals surface area contributed by atoms with Crippen LogP contribution in [0.1, 0.15) is 37.8 Å². The number of hydrogen-bond donors (Lipinski definition) is 1. The van der Waals surface area contributed by atoms with E-state index in [2.05, 4.69) is 12.2 Å². The Kier molecular flexibility index (Phi) is 4.80. The fraction of sp³-hybridized carbons (Fsp3) is 0.533. The Morgan fingerprint density at radius 1 is 1.47 bits per heavy atom. The molecule has 1 saturated heterocycles. The molecule has 4 heteroatoms. The van der Waals surface area contributed by atoms with Crippen LogP contribution in [-0.4, -0.2) is 25.7 Å². The zero-order chi connectivity index (χ0) is 13.7. The van der Waals surface area contributed by atoms with Crippen LogP contribution in [0.15, 0.2) is 24.3 Å². The number of methoxy groups -OCH3 is 1. The number of ether oxygens (including phenoxy) is 2. The Balaban J connectivity index is 2.00. The number of rotatable bonds is 5. The van der Waals surface area contributed by atoms with Gasteiger partial charge in [-0.15, -0.1) is 0 Å². The summed E-state index contributed by atoms with van der Waals surface area (Å²) in [6, 6.07) is 7.83. The standard InChI is InChI=1S/C15H21NO3/c1-3-13(11-6-8-12(18-2)9-7-11)16-15(17)14-5-4-10-19-14/h6-9,13-14H,3-5,10H2,1-2H3,(H,16,17)/t13-,14+/m0/s1. The molecule has 1 fully saturated rings. The summed E-state index contributed by atoms with van der Waals surface area (Å²) in [7, 11) is 1.64. The van der Waals surface area contributed by atoms with Gasteiger partial charge in [0.05, 0.1) is 13.2 Å². The molecule has 0 aromatic heterocycles. The van der Waals surface area contributed by atoms with Crippen LogP contribution in [0.5, 0.6) is 5.75 Å². The highest BCUT2D eigenvalue weighted by atomic mass is 16.5. The van der Waals surface area contributed by atoms with Crippen LogP contribution < -0.4 is 10.1 Å². The van der Waals surface area contributed by atoms with E-state index in [1.165, 1.54) is 0 Å². The van der Waals surface area contributed by atoms with E-state index in [-0.39, 0.29) is 18.1 Å². The number of carbonyl (C=O) groups excluding carboxylic acids is 1. The monoisotopic (exact) mass is 263 g/mol. The van der Waals surface area contributed by atoms with Gasteiger partial charge in [0.25, 0.3) is 0 Å². The molecular formula is C15H21NO3. The average Bonchev–Trinajstić information content (AvgIpc) is 2.99. The lowest BCUT2D eigenvalue weighted by Gasteiger charge is -2.20. The number of benzene rings is 1. The van der Waals surface area contributed by atoms with Crippen molar-refractivity contribution < 1.29 is 14.3 Å². The van der Waals surface area contributed by atoms with Crippen LogP contribution in [0, 0.1) is 0 Å². The summed E-state index contributed by atoms with van der Waals surface area (Å²) >= 11 is 0. The normalized spacial score (nSPS) is 20.0. The summed E-state index contributed by atoms with van der Waals surface area (Å²) in [6.07, 6.45) is 2.37. The highest BCUT2D eigenvalue weighted by molar-refractivity contribution is 5.81. The van der Waals surface area contributed by atoms with Crippen molar-refractivity contribution in [3.05, 3.63) is 29.8 Å². The van der Waals surface area contributed by atoms with Crippen molar-refractivity contribution >= 4 is 5.91 Å². The third-order valence-corrected chi connectivity index (χ3v) is 3.47. The highest BCUT2D eigenvalue weighted by Crippen LogP contribution is 2.21. The van der Waals surface area contributed by atoms with Gasteiger partial charge in [-0.1, -0.05) is 19.1 Å². The van der Waals surface area contributed by atoms with Crippen LogP contribution in [0.3, 0.4) is 0 Å². The molecule has 0 saturated carbocycles. The number of hydrogen-bond acceptors (Lipinski definition) is 3. The Morgan fingerprint density at radius 2 is 2.21 bits per heavy atom. The molecular weight excluding hydrogens is 242 g/mol. The van der Waals surface area contributed by atoms with Crippen molar-refractivity contribution in [3.8, 4) is 5.75 Å². The van der Waals surface area contributed by atoms with E-state index >= 15 is 0 Å². The zero-order valence-corrected chi connectivity index (χ0v) is 11.5. The van der Waals surface area contributed by atoms with Crippen molar-refractivity contribution in [2.45, 2.75) is 38.3 Å². The minimum absolute atomic E-state index is 0.000156. The van der Waals surface area contributed by atoms with Crippen LogP contribution >= 0.6 is 0 Å². The molecule has 2 atom stereocenters. The van der Waals surface area contributed by atoms with Crippen LogP contribution in [0.4, 0.5) is 0 Å². The first kappa shape index (κ1) is 13.9. The molecule has 104 valence electrons. The third-order valence-electron chi connectivity index (χ3n) is 3.47. The second-order valence-corrected chi connectivity index (χ2v) is 4.74. The van der Waals surface area contributed by atoms with Gasteiger partial charge in [0.2, 0.25) is 5.91 Å². The molecule has 1 heterocycles. The molecule has 1 amide bonds. The number of nitrogens with one attached hydrogen (secondary N) is 1. The molecule has 1 aromatic carbocycles. The molecule has 0 unspecified atom stereocenters. The van der Waals surface area contributed by atoms with Gasteiger partial charge in [-0.25, -0.2) is 0 Å². The van der Waals surface area contributed by atoms with E-state index < -0.39 is 0 Å². The first-order valence-corrected chi connectivity index (χ1v) is 6.80. The molecule has 1 aromatic rings. The van der Waals surface area contributed by atoms with E-state index in [9.17, 15) is 4.79 Å². The topological polar surface area (TPSA) is 47.6 Å². The lowest BCUT2D eigenvalue weighted by atomic mass is 10.0. The number of carbonyl (C=O) groups is 1. The van der Waals surface area contributed by atoms with Crippen molar-refractivity contribution in [1.29, 1.82) is 0 Å². The maximum Gasteiger partial charge on any atom is 0.249 e. The molecule has 0 spiro atoms. The fourth-order valence-electron chi connectivity index (χ4n) is 2.31. The summed E-state index contributed by atoms with van der Waals surface area (Å²) in [6.45, 7) is 2.75. The molecule has 19 heavy (non-hydrogen) atoms.